The van der Waals surface area contributed by atoms with Gasteiger partial charge in [-0.15, -0.1) is 0 Å². The SMILES string of the molecule is CCC(C#N)N1CC(C)CC1(C)C. The first-order valence-corrected chi connectivity index (χ1v) is 5.17. The molecule has 0 bridgehead atoms. The molecule has 2 atom stereocenters. The Hall–Kier alpha value is -0.550. The van der Waals surface area contributed by atoms with E-state index in [9.17, 15) is 0 Å². The van der Waals surface area contributed by atoms with Crippen molar-refractivity contribution in [3.63, 3.8) is 0 Å². The zero-order valence-corrected chi connectivity index (χ0v) is 9.17. The summed E-state index contributed by atoms with van der Waals surface area (Å²) in [5.74, 6) is 0.734. The van der Waals surface area contributed by atoms with Crippen LogP contribution in [0.4, 0.5) is 0 Å². The van der Waals surface area contributed by atoms with Crippen molar-refractivity contribution in [2.45, 2.75) is 52.1 Å². The topological polar surface area (TPSA) is 27.0 Å². The van der Waals surface area contributed by atoms with Gasteiger partial charge in [-0.05, 0) is 32.6 Å². The van der Waals surface area contributed by atoms with Gasteiger partial charge >= 0.3 is 0 Å². The molecule has 2 nitrogen and oxygen atoms in total. The van der Waals surface area contributed by atoms with Crippen LogP contribution in [0.15, 0.2) is 0 Å². The number of hydrogen-bond acceptors (Lipinski definition) is 2. The summed E-state index contributed by atoms with van der Waals surface area (Å²) in [7, 11) is 0. The molecule has 0 spiro atoms. The van der Waals surface area contributed by atoms with Crippen LogP contribution >= 0.6 is 0 Å². The van der Waals surface area contributed by atoms with Crippen molar-refractivity contribution < 1.29 is 0 Å². The van der Waals surface area contributed by atoms with Crippen LogP contribution in [0, 0.1) is 17.2 Å². The fourth-order valence-electron chi connectivity index (χ4n) is 2.55. The molecule has 2 unspecified atom stereocenters. The minimum absolute atomic E-state index is 0.111. The monoisotopic (exact) mass is 180 g/mol. The highest BCUT2D eigenvalue weighted by atomic mass is 15.2. The zero-order chi connectivity index (χ0) is 10.1. The first-order chi connectivity index (χ1) is 6.01. The van der Waals surface area contributed by atoms with Crippen LogP contribution in [-0.2, 0) is 0 Å². The van der Waals surface area contributed by atoms with Crippen LogP contribution in [-0.4, -0.2) is 23.0 Å². The second kappa shape index (κ2) is 3.67. The van der Waals surface area contributed by atoms with Gasteiger partial charge in [-0.2, -0.15) is 5.26 Å². The number of likely N-dealkylation sites (tertiary alicyclic amines) is 1. The van der Waals surface area contributed by atoms with Crippen molar-refractivity contribution in [3.8, 4) is 6.07 Å². The average molecular weight is 180 g/mol. The van der Waals surface area contributed by atoms with Crippen molar-refractivity contribution in [1.29, 1.82) is 5.26 Å². The van der Waals surface area contributed by atoms with Gasteiger partial charge in [0.1, 0.15) is 0 Å². The lowest BCUT2D eigenvalue weighted by molar-refractivity contribution is 0.140. The van der Waals surface area contributed by atoms with Gasteiger partial charge in [-0.3, -0.25) is 4.90 Å². The molecule has 0 amide bonds. The third-order valence-electron chi connectivity index (χ3n) is 3.05. The predicted octanol–water partition coefficient (Wildman–Crippen LogP) is 2.41. The Morgan fingerprint density at radius 3 is 2.54 bits per heavy atom. The summed E-state index contributed by atoms with van der Waals surface area (Å²) in [4.78, 5) is 2.36. The van der Waals surface area contributed by atoms with Crippen molar-refractivity contribution in [2.24, 2.45) is 5.92 Å². The van der Waals surface area contributed by atoms with E-state index in [1.165, 1.54) is 6.42 Å². The average Bonchev–Trinajstić information content (AvgIpc) is 2.28. The van der Waals surface area contributed by atoms with Crippen molar-refractivity contribution in [2.75, 3.05) is 6.54 Å². The molecule has 0 radical (unpaired) electrons. The third kappa shape index (κ3) is 2.03. The molecule has 0 saturated carbocycles. The molecule has 1 saturated heterocycles. The van der Waals surface area contributed by atoms with E-state index >= 15 is 0 Å². The highest BCUT2D eigenvalue weighted by molar-refractivity contribution is 5.01. The van der Waals surface area contributed by atoms with Crippen molar-refractivity contribution in [1.82, 2.24) is 4.90 Å². The molecule has 1 aliphatic rings. The molecule has 1 aliphatic heterocycles. The summed E-state index contributed by atoms with van der Waals surface area (Å²) in [5.41, 5.74) is 0.218. The molecule has 0 aromatic carbocycles. The van der Waals surface area contributed by atoms with Crippen molar-refractivity contribution in [3.05, 3.63) is 0 Å². The van der Waals surface area contributed by atoms with Gasteiger partial charge in [0.05, 0.1) is 12.1 Å². The molecule has 1 heterocycles. The fraction of sp³-hybridized carbons (Fsp3) is 0.909. The molecule has 0 aliphatic carbocycles. The standard InChI is InChI=1S/C11H20N2/c1-5-10(7-12)13-8-9(2)6-11(13,3)4/h9-10H,5-6,8H2,1-4H3. The molecular formula is C11H20N2. The minimum Gasteiger partial charge on any atom is -0.283 e. The van der Waals surface area contributed by atoms with Crippen LogP contribution in [0.25, 0.3) is 0 Å². The molecule has 13 heavy (non-hydrogen) atoms. The van der Waals surface area contributed by atoms with Crippen LogP contribution < -0.4 is 0 Å². The Labute approximate surface area is 81.5 Å². The summed E-state index contributed by atoms with van der Waals surface area (Å²) in [6.07, 6.45) is 2.15. The Kier molecular flexibility index (Phi) is 2.98. The van der Waals surface area contributed by atoms with Gasteiger partial charge in [0, 0.05) is 12.1 Å². The van der Waals surface area contributed by atoms with E-state index in [0.717, 1.165) is 18.9 Å². The van der Waals surface area contributed by atoms with Crippen LogP contribution in [0.1, 0.15) is 40.5 Å². The lowest BCUT2D eigenvalue weighted by Gasteiger charge is -2.34. The zero-order valence-electron chi connectivity index (χ0n) is 9.17. The van der Waals surface area contributed by atoms with E-state index in [4.69, 9.17) is 5.26 Å². The van der Waals surface area contributed by atoms with E-state index in [1.54, 1.807) is 0 Å². The first-order valence-electron chi connectivity index (χ1n) is 5.17. The highest BCUT2D eigenvalue weighted by Crippen LogP contribution is 2.34. The minimum atomic E-state index is 0.111. The van der Waals surface area contributed by atoms with Gasteiger partial charge in [-0.1, -0.05) is 13.8 Å². The van der Waals surface area contributed by atoms with Gasteiger partial charge in [0.25, 0.3) is 0 Å². The third-order valence-corrected chi connectivity index (χ3v) is 3.05. The summed E-state index contributed by atoms with van der Waals surface area (Å²) in [5, 5.41) is 9.01. The quantitative estimate of drug-likeness (QED) is 0.652. The molecule has 1 rings (SSSR count). The molecule has 1 fully saturated rings. The summed E-state index contributed by atoms with van der Waals surface area (Å²) in [6.45, 7) is 9.94. The Balaban J connectivity index is 2.75. The second-order valence-corrected chi connectivity index (χ2v) is 4.83. The number of nitrogens with zero attached hydrogens (tertiary/aromatic N) is 2. The van der Waals surface area contributed by atoms with Crippen LogP contribution in [0.5, 0.6) is 0 Å². The lowest BCUT2D eigenvalue weighted by Crippen LogP contribution is -2.44. The number of hydrogen-bond donors (Lipinski definition) is 0. The smallest absolute Gasteiger partial charge is 0.0979 e. The van der Waals surface area contributed by atoms with Crippen LogP contribution in [0.2, 0.25) is 0 Å². The van der Waals surface area contributed by atoms with E-state index in [2.05, 4.69) is 38.7 Å². The maximum Gasteiger partial charge on any atom is 0.0979 e. The van der Waals surface area contributed by atoms with E-state index in [0.29, 0.717) is 0 Å². The normalized spacial score (nSPS) is 29.9. The molecule has 2 heteroatoms. The number of nitriles is 1. The number of rotatable bonds is 2. The van der Waals surface area contributed by atoms with Gasteiger partial charge in [-0.25, -0.2) is 0 Å². The van der Waals surface area contributed by atoms with Gasteiger partial charge in [0.2, 0.25) is 0 Å². The predicted molar refractivity (Wildman–Crippen MR) is 54.3 cm³/mol. The Morgan fingerprint density at radius 1 is 1.62 bits per heavy atom. The molecule has 0 aromatic rings. The molecule has 0 aromatic heterocycles. The Bertz CT molecular complexity index is 215. The summed E-state index contributed by atoms with van der Waals surface area (Å²) in [6, 6.07) is 2.51. The van der Waals surface area contributed by atoms with Gasteiger partial charge < -0.3 is 0 Å². The fourth-order valence-corrected chi connectivity index (χ4v) is 2.55. The van der Waals surface area contributed by atoms with Crippen LogP contribution in [0.3, 0.4) is 0 Å². The summed E-state index contributed by atoms with van der Waals surface area (Å²) < 4.78 is 0. The molecule has 0 N–H and O–H groups in total. The van der Waals surface area contributed by atoms with E-state index < -0.39 is 0 Å². The van der Waals surface area contributed by atoms with E-state index in [-0.39, 0.29) is 11.6 Å². The summed E-state index contributed by atoms with van der Waals surface area (Å²) >= 11 is 0. The molecular weight excluding hydrogens is 160 g/mol. The first kappa shape index (κ1) is 10.5. The van der Waals surface area contributed by atoms with Crippen molar-refractivity contribution >= 4 is 0 Å². The Morgan fingerprint density at radius 2 is 2.23 bits per heavy atom. The maximum atomic E-state index is 9.01. The van der Waals surface area contributed by atoms with Gasteiger partial charge in [0.15, 0.2) is 0 Å². The maximum absolute atomic E-state index is 9.01. The largest absolute Gasteiger partial charge is 0.283 e. The molecule has 74 valence electrons. The second-order valence-electron chi connectivity index (χ2n) is 4.83. The lowest BCUT2D eigenvalue weighted by atomic mass is 9.97. The highest BCUT2D eigenvalue weighted by Gasteiger charge is 2.39. The van der Waals surface area contributed by atoms with E-state index in [1.807, 2.05) is 0 Å².